The zero-order valence-corrected chi connectivity index (χ0v) is 15.5. The number of ether oxygens (including phenoxy) is 3. The van der Waals surface area contributed by atoms with E-state index in [0.29, 0.717) is 19.0 Å². The first-order chi connectivity index (χ1) is 12.4. The monoisotopic (exact) mass is 356 g/mol. The fourth-order valence-electron chi connectivity index (χ4n) is 3.79. The Labute approximate surface area is 152 Å². The molecule has 1 N–H and O–H groups in total. The van der Waals surface area contributed by atoms with Crippen LogP contribution in [0, 0.1) is 6.92 Å². The van der Waals surface area contributed by atoms with Crippen LogP contribution < -0.4 is 0 Å². The van der Waals surface area contributed by atoms with E-state index in [2.05, 4.69) is 21.7 Å². The van der Waals surface area contributed by atoms with Gasteiger partial charge in [-0.05, 0) is 32.4 Å². The maximum atomic E-state index is 11.0. The highest BCUT2D eigenvalue weighted by molar-refractivity contribution is 6.10. The molecule has 6 nitrogen and oxygen atoms in total. The van der Waals surface area contributed by atoms with E-state index in [-0.39, 0.29) is 0 Å². The summed E-state index contributed by atoms with van der Waals surface area (Å²) in [5, 5.41) is 13.2. The van der Waals surface area contributed by atoms with Crippen molar-refractivity contribution in [3.63, 3.8) is 0 Å². The molecule has 26 heavy (non-hydrogen) atoms. The Morgan fingerprint density at radius 2 is 2.15 bits per heavy atom. The van der Waals surface area contributed by atoms with E-state index >= 15 is 0 Å². The SMILES string of the molecule is COCn1c2ccccc2c2c(C)cnc(C(O)[C@H]3COC(C)(C)O3)c21. The molecule has 1 saturated heterocycles. The van der Waals surface area contributed by atoms with E-state index in [0.717, 1.165) is 27.4 Å². The molecule has 0 radical (unpaired) electrons. The summed E-state index contributed by atoms with van der Waals surface area (Å²) < 4.78 is 19.0. The summed E-state index contributed by atoms with van der Waals surface area (Å²) in [6.07, 6.45) is 0.461. The highest BCUT2D eigenvalue weighted by atomic mass is 16.7. The molecular weight excluding hydrogens is 332 g/mol. The summed E-state index contributed by atoms with van der Waals surface area (Å²) in [6.45, 7) is 6.44. The Kier molecular flexibility index (Phi) is 4.23. The molecule has 2 aromatic heterocycles. The number of nitrogens with zero attached hydrogens (tertiary/aromatic N) is 2. The number of para-hydroxylation sites is 1. The smallest absolute Gasteiger partial charge is 0.163 e. The van der Waals surface area contributed by atoms with Crippen molar-refractivity contribution < 1.29 is 19.3 Å². The van der Waals surface area contributed by atoms with Gasteiger partial charge in [-0.1, -0.05) is 18.2 Å². The Morgan fingerprint density at radius 1 is 1.38 bits per heavy atom. The van der Waals surface area contributed by atoms with Gasteiger partial charge in [-0.25, -0.2) is 0 Å². The van der Waals surface area contributed by atoms with Crippen molar-refractivity contribution in [3.05, 3.63) is 41.7 Å². The molecule has 4 rings (SSSR count). The lowest BCUT2D eigenvalue weighted by Gasteiger charge is -2.21. The summed E-state index contributed by atoms with van der Waals surface area (Å²) in [5.41, 5.74) is 3.59. The van der Waals surface area contributed by atoms with E-state index in [1.54, 1.807) is 7.11 Å². The van der Waals surface area contributed by atoms with E-state index in [9.17, 15) is 5.11 Å². The van der Waals surface area contributed by atoms with Gasteiger partial charge in [0.25, 0.3) is 0 Å². The van der Waals surface area contributed by atoms with E-state index in [1.165, 1.54) is 0 Å². The minimum Gasteiger partial charge on any atom is -0.384 e. The quantitative estimate of drug-likeness (QED) is 0.777. The van der Waals surface area contributed by atoms with Gasteiger partial charge in [0.1, 0.15) is 18.9 Å². The Balaban J connectivity index is 1.94. The lowest BCUT2D eigenvalue weighted by molar-refractivity contribution is -0.151. The minimum atomic E-state index is -0.889. The number of hydrogen-bond acceptors (Lipinski definition) is 5. The molecule has 2 atom stereocenters. The zero-order valence-electron chi connectivity index (χ0n) is 15.5. The lowest BCUT2D eigenvalue weighted by Crippen LogP contribution is -2.26. The average molecular weight is 356 g/mol. The van der Waals surface area contributed by atoms with Crippen LogP contribution in [-0.4, -0.2) is 40.3 Å². The number of benzene rings is 1. The van der Waals surface area contributed by atoms with Gasteiger partial charge in [0, 0.05) is 24.1 Å². The van der Waals surface area contributed by atoms with Crippen molar-refractivity contribution in [1.82, 2.24) is 9.55 Å². The van der Waals surface area contributed by atoms with Crippen LogP contribution in [0.5, 0.6) is 0 Å². The third-order valence-corrected chi connectivity index (χ3v) is 4.93. The molecule has 0 saturated carbocycles. The number of aliphatic hydroxyl groups is 1. The number of aryl methyl sites for hydroxylation is 1. The largest absolute Gasteiger partial charge is 0.384 e. The summed E-state index contributed by atoms with van der Waals surface area (Å²) in [7, 11) is 1.66. The fraction of sp³-hybridized carbons (Fsp3) is 0.450. The third-order valence-electron chi connectivity index (χ3n) is 4.93. The Hall–Kier alpha value is -1.99. The maximum absolute atomic E-state index is 11.0. The predicted octanol–water partition coefficient (Wildman–Crippen LogP) is 3.29. The number of hydrogen-bond donors (Lipinski definition) is 1. The van der Waals surface area contributed by atoms with Gasteiger partial charge in [0.2, 0.25) is 0 Å². The molecule has 0 amide bonds. The molecule has 0 bridgehead atoms. The topological polar surface area (TPSA) is 65.7 Å². The number of rotatable bonds is 4. The number of pyridine rings is 1. The van der Waals surface area contributed by atoms with Crippen molar-refractivity contribution in [2.75, 3.05) is 13.7 Å². The van der Waals surface area contributed by atoms with Crippen molar-refractivity contribution in [2.45, 2.75) is 45.5 Å². The van der Waals surface area contributed by atoms with Crippen LogP contribution in [0.1, 0.15) is 31.2 Å². The van der Waals surface area contributed by atoms with Crippen molar-refractivity contribution >= 4 is 21.8 Å². The summed E-state index contributed by atoms with van der Waals surface area (Å²) in [5.74, 6) is -0.700. The molecule has 138 valence electrons. The molecule has 1 aliphatic heterocycles. The van der Waals surface area contributed by atoms with Gasteiger partial charge in [0.15, 0.2) is 5.79 Å². The minimum absolute atomic E-state index is 0.329. The Morgan fingerprint density at radius 3 is 2.85 bits per heavy atom. The van der Waals surface area contributed by atoms with Crippen molar-refractivity contribution in [1.29, 1.82) is 0 Å². The number of fused-ring (bicyclic) bond motifs is 3. The van der Waals surface area contributed by atoms with Crippen molar-refractivity contribution in [2.24, 2.45) is 0 Å². The van der Waals surface area contributed by atoms with E-state index < -0.39 is 18.0 Å². The molecule has 0 spiro atoms. The van der Waals surface area contributed by atoms with Gasteiger partial charge in [-0.15, -0.1) is 0 Å². The summed E-state index contributed by atoms with van der Waals surface area (Å²) in [6, 6.07) is 8.17. The molecule has 1 aromatic carbocycles. The second-order valence-corrected chi connectivity index (χ2v) is 7.22. The first-order valence-corrected chi connectivity index (χ1v) is 8.78. The van der Waals surface area contributed by atoms with Gasteiger partial charge in [-0.3, -0.25) is 4.98 Å². The second-order valence-electron chi connectivity index (χ2n) is 7.22. The normalized spacial score (nSPS) is 20.9. The van der Waals surface area contributed by atoms with Crippen LogP contribution in [0.2, 0.25) is 0 Å². The molecule has 3 heterocycles. The summed E-state index contributed by atoms with van der Waals surface area (Å²) >= 11 is 0. The van der Waals surface area contributed by atoms with Crippen LogP contribution in [0.4, 0.5) is 0 Å². The zero-order chi connectivity index (χ0) is 18.5. The molecule has 1 unspecified atom stereocenters. The van der Waals surface area contributed by atoms with Crippen LogP contribution in [-0.2, 0) is 20.9 Å². The summed E-state index contributed by atoms with van der Waals surface area (Å²) in [4.78, 5) is 4.57. The van der Waals surface area contributed by atoms with Crippen LogP contribution in [0.15, 0.2) is 30.5 Å². The van der Waals surface area contributed by atoms with Gasteiger partial charge < -0.3 is 23.9 Å². The molecule has 1 aliphatic rings. The molecule has 1 fully saturated rings. The van der Waals surface area contributed by atoms with E-state index in [1.807, 2.05) is 39.1 Å². The molecular formula is C20H24N2O4. The number of aliphatic hydroxyl groups excluding tert-OH is 1. The Bertz CT molecular complexity index is 963. The van der Waals surface area contributed by atoms with E-state index in [4.69, 9.17) is 14.2 Å². The van der Waals surface area contributed by atoms with Gasteiger partial charge in [0.05, 0.1) is 23.3 Å². The maximum Gasteiger partial charge on any atom is 0.163 e. The van der Waals surface area contributed by atoms with Crippen molar-refractivity contribution in [3.8, 4) is 0 Å². The van der Waals surface area contributed by atoms with Crippen LogP contribution >= 0.6 is 0 Å². The third kappa shape index (κ3) is 2.70. The number of aromatic nitrogens is 2. The molecule has 3 aromatic rings. The standard InChI is InChI=1S/C20H24N2O4/c1-12-9-21-17(19(23)15-10-25-20(2,3)26-15)18-16(12)13-7-5-6-8-14(13)22(18)11-24-4/h5-9,15,19,23H,10-11H2,1-4H3/t15-,19?/m1/s1. The second kappa shape index (κ2) is 6.32. The highest BCUT2D eigenvalue weighted by Gasteiger charge is 2.39. The average Bonchev–Trinajstić information content (AvgIpc) is 3.14. The number of methoxy groups -OCH3 is 1. The molecule has 0 aliphatic carbocycles. The predicted molar refractivity (Wildman–Crippen MR) is 98.8 cm³/mol. The molecule has 6 heteroatoms. The first-order valence-electron chi connectivity index (χ1n) is 8.78. The van der Waals surface area contributed by atoms with Gasteiger partial charge >= 0.3 is 0 Å². The fourth-order valence-corrected chi connectivity index (χ4v) is 3.79. The van der Waals surface area contributed by atoms with Crippen LogP contribution in [0.25, 0.3) is 21.8 Å². The first kappa shape index (κ1) is 17.4. The lowest BCUT2D eigenvalue weighted by atomic mass is 10.0. The highest BCUT2D eigenvalue weighted by Crippen LogP contribution is 2.37. The van der Waals surface area contributed by atoms with Gasteiger partial charge in [-0.2, -0.15) is 0 Å². The van der Waals surface area contributed by atoms with Crippen LogP contribution in [0.3, 0.4) is 0 Å².